The van der Waals surface area contributed by atoms with Crippen molar-refractivity contribution < 1.29 is 28.6 Å². The third kappa shape index (κ3) is 4.49. The van der Waals surface area contributed by atoms with E-state index in [9.17, 15) is 14.4 Å². The van der Waals surface area contributed by atoms with Gasteiger partial charge in [-0.25, -0.2) is 14.5 Å². The molecule has 0 aromatic heterocycles. The summed E-state index contributed by atoms with van der Waals surface area (Å²) in [5.41, 5.74) is 0. The molecule has 1 fully saturated rings. The van der Waals surface area contributed by atoms with Crippen LogP contribution >= 0.6 is 23.2 Å². The number of imide groups is 1. The van der Waals surface area contributed by atoms with Crippen molar-refractivity contribution in [3.63, 3.8) is 0 Å². The fourth-order valence-electron chi connectivity index (χ4n) is 1.76. The van der Waals surface area contributed by atoms with E-state index in [1.54, 1.807) is 6.07 Å². The van der Waals surface area contributed by atoms with E-state index in [0.717, 1.165) is 4.90 Å². The molecule has 0 spiro atoms. The van der Waals surface area contributed by atoms with Gasteiger partial charge in [0.2, 0.25) is 0 Å². The number of halogens is 2. The molecule has 1 saturated heterocycles. The first-order chi connectivity index (χ1) is 10.9. The zero-order valence-electron chi connectivity index (χ0n) is 12.1. The van der Waals surface area contributed by atoms with Gasteiger partial charge in [0.15, 0.2) is 12.7 Å². The van der Waals surface area contributed by atoms with Crippen molar-refractivity contribution in [3.8, 4) is 5.75 Å². The second-order valence-electron chi connectivity index (χ2n) is 4.60. The van der Waals surface area contributed by atoms with Crippen LogP contribution in [-0.4, -0.2) is 48.7 Å². The van der Waals surface area contributed by atoms with Gasteiger partial charge in [0.25, 0.3) is 5.91 Å². The Balaban J connectivity index is 1.85. The maximum Gasteiger partial charge on any atom is 0.416 e. The lowest BCUT2D eigenvalue weighted by Gasteiger charge is -2.16. The van der Waals surface area contributed by atoms with Crippen LogP contribution in [0, 0.1) is 0 Å². The molecule has 2 rings (SSSR count). The summed E-state index contributed by atoms with van der Waals surface area (Å²) in [6.45, 7) is 1.15. The molecule has 0 bridgehead atoms. The first-order valence-corrected chi connectivity index (χ1v) is 7.39. The molecule has 1 atom stereocenters. The molecule has 1 aliphatic rings. The number of nitrogens with zero attached hydrogens (tertiary/aromatic N) is 1. The van der Waals surface area contributed by atoms with Crippen molar-refractivity contribution in [2.75, 3.05) is 19.8 Å². The Kier molecular flexibility index (Phi) is 5.68. The molecule has 0 saturated carbocycles. The van der Waals surface area contributed by atoms with E-state index in [1.165, 1.54) is 19.1 Å². The number of rotatable bonds is 5. The maximum atomic E-state index is 11.8. The van der Waals surface area contributed by atoms with Crippen molar-refractivity contribution in [3.05, 3.63) is 28.2 Å². The van der Waals surface area contributed by atoms with Crippen LogP contribution in [0.3, 0.4) is 0 Å². The van der Waals surface area contributed by atoms with Gasteiger partial charge in [0.05, 0.1) is 11.6 Å². The van der Waals surface area contributed by atoms with Crippen LogP contribution in [0.15, 0.2) is 18.2 Å². The second-order valence-corrected chi connectivity index (χ2v) is 5.45. The van der Waals surface area contributed by atoms with Crippen molar-refractivity contribution in [1.82, 2.24) is 4.90 Å². The molecule has 9 heteroatoms. The molecule has 1 heterocycles. The number of amides is 2. The molecule has 7 nitrogen and oxygen atoms in total. The lowest BCUT2D eigenvalue weighted by Crippen LogP contribution is -2.37. The monoisotopic (exact) mass is 361 g/mol. The van der Waals surface area contributed by atoms with E-state index in [4.69, 9.17) is 32.7 Å². The molecular weight excluding hydrogens is 349 g/mol. The van der Waals surface area contributed by atoms with Crippen molar-refractivity contribution >= 4 is 41.2 Å². The number of carbonyl (C=O) groups excluding carboxylic acids is 3. The van der Waals surface area contributed by atoms with E-state index >= 15 is 0 Å². The Morgan fingerprint density at radius 3 is 2.74 bits per heavy atom. The van der Waals surface area contributed by atoms with Gasteiger partial charge in [-0.2, -0.15) is 0 Å². The average molecular weight is 362 g/mol. The van der Waals surface area contributed by atoms with E-state index in [1.807, 2.05) is 0 Å². The molecule has 1 aromatic carbocycles. The van der Waals surface area contributed by atoms with Crippen LogP contribution in [0.1, 0.15) is 6.92 Å². The molecule has 23 heavy (non-hydrogen) atoms. The molecule has 0 N–H and O–H groups in total. The van der Waals surface area contributed by atoms with Crippen LogP contribution in [0.4, 0.5) is 4.79 Å². The first kappa shape index (κ1) is 17.4. The van der Waals surface area contributed by atoms with Crippen molar-refractivity contribution in [2.24, 2.45) is 0 Å². The molecule has 124 valence electrons. The topological polar surface area (TPSA) is 82.1 Å². The summed E-state index contributed by atoms with van der Waals surface area (Å²) in [5.74, 6) is -1.16. The fraction of sp³-hybridized carbons (Fsp3) is 0.357. The molecule has 1 aliphatic heterocycles. The predicted octanol–water partition coefficient (Wildman–Crippen LogP) is 2.28. The van der Waals surface area contributed by atoms with Crippen LogP contribution in [0.25, 0.3) is 0 Å². The normalized spacial score (nSPS) is 15.1. The molecular formula is C14H13Cl2NO6. The van der Waals surface area contributed by atoms with Crippen molar-refractivity contribution in [2.45, 2.75) is 13.0 Å². The minimum absolute atomic E-state index is 0.132. The van der Waals surface area contributed by atoms with E-state index in [2.05, 4.69) is 4.74 Å². The smallest absolute Gasteiger partial charge is 0.416 e. The Morgan fingerprint density at radius 2 is 2.13 bits per heavy atom. The van der Waals surface area contributed by atoms with E-state index in [-0.39, 0.29) is 23.9 Å². The fourth-order valence-corrected chi connectivity index (χ4v) is 2.21. The lowest BCUT2D eigenvalue weighted by atomic mass is 10.3. The van der Waals surface area contributed by atoms with Gasteiger partial charge in [-0.1, -0.05) is 23.2 Å². The molecule has 0 unspecified atom stereocenters. The molecule has 1 aromatic rings. The summed E-state index contributed by atoms with van der Waals surface area (Å²) in [4.78, 5) is 35.6. The number of hydrogen-bond donors (Lipinski definition) is 0. The Morgan fingerprint density at radius 1 is 1.39 bits per heavy atom. The molecule has 0 radical (unpaired) electrons. The average Bonchev–Trinajstić information content (AvgIpc) is 2.93. The maximum absolute atomic E-state index is 11.8. The highest BCUT2D eigenvalue weighted by Crippen LogP contribution is 2.28. The number of hydrogen-bond acceptors (Lipinski definition) is 6. The van der Waals surface area contributed by atoms with Gasteiger partial charge in [-0.15, -0.1) is 0 Å². The quantitative estimate of drug-likeness (QED) is 0.748. The van der Waals surface area contributed by atoms with Crippen LogP contribution in [0.2, 0.25) is 10.0 Å². The largest absolute Gasteiger partial charge is 0.477 e. The number of ether oxygens (including phenoxy) is 3. The number of cyclic esters (lactones) is 1. The minimum atomic E-state index is -0.994. The zero-order chi connectivity index (χ0) is 17.0. The van der Waals surface area contributed by atoms with Crippen LogP contribution in [0.5, 0.6) is 5.75 Å². The van der Waals surface area contributed by atoms with Gasteiger partial charge in [0.1, 0.15) is 12.4 Å². The summed E-state index contributed by atoms with van der Waals surface area (Å²) in [7, 11) is 0. The Labute approximate surface area is 142 Å². The van der Waals surface area contributed by atoms with E-state index < -0.39 is 30.7 Å². The van der Waals surface area contributed by atoms with Gasteiger partial charge in [-0.05, 0) is 25.1 Å². The number of esters is 1. The van der Waals surface area contributed by atoms with Gasteiger partial charge in [-0.3, -0.25) is 4.79 Å². The standard InChI is InChI=1S/C14H13Cl2NO6/c1-8(23-11-3-2-9(15)6-10(11)16)13(19)22-7-12(18)17-4-5-21-14(17)20/h2-3,6,8H,4-5,7H2,1H3/t8-/m0/s1. The first-order valence-electron chi connectivity index (χ1n) is 6.64. The van der Waals surface area contributed by atoms with E-state index in [0.29, 0.717) is 5.02 Å². The SMILES string of the molecule is C[C@H](Oc1ccc(Cl)cc1Cl)C(=O)OCC(=O)N1CCOC1=O. The summed E-state index contributed by atoms with van der Waals surface area (Å²) in [6, 6.07) is 4.54. The predicted molar refractivity (Wildman–Crippen MR) is 80.6 cm³/mol. The number of carbonyl (C=O) groups is 3. The van der Waals surface area contributed by atoms with Crippen LogP contribution < -0.4 is 4.74 Å². The summed E-state index contributed by atoms with van der Waals surface area (Å²) >= 11 is 11.7. The zero-order valence-corrected chi connectivity index (χ0v) is 13.6. The van der Waals surface area contributed by atoms with Gasteiger partial charge >= 0.3 is 12.1 Å². The van der Waals surface area contributed by atoms with Gasteiger partial charge in [0, 0.05) is 5.02 Å². The lowest BCUT2D eigenvalue weighted by molar-refractivity contribution is -0.156. The minimum Gasteiger partial charge on any atom is -0.477 e. The summed E-state index contributed by atoms with van der Waals surface area (Å²) in [6.07, 6.45) is -1.74. The van der Waals surface area contributed by atoms with Crippen LogP contribution in [-0.2, 0) is 19.1 Å². The molecule has 0 aliphatic carbocycles. The second kappa shape index (κ2) is 7.52. The third-order valence-corrected chi connectivity index (χ3v) is 3.46. The summed E-state index contributed by atoms with van der Waals surface area (Å²) in [5, 5.41) is 0.675. The molecule has 2 amide bonds. The summed E-state index contributed by atoms with van der Waals surface area (Å²) < 4.78 is 14.8. The highest BCUT2D eigenvalue weighted by Gasteiger charge is 2.29. The highest BCUT2D eigenvalue weighted by atomic mass is 35.5. The Bertz CT molecular complexity index is 636. The Hall–Kier alpha value is -1.99. The number of benzene rings is 1. The third-order valence-electron chi connectivity index (χ3n) is 2.93. The highest BCUT2D eigenvalue weighted by molar-refractivity contribution is 6.35. The van der Waals surface area contributed by atoms with Gasteiger partial charge < -0.3 is 14.2 Å². The van der Waals surface area contributed by atoms with Crippen molar-refractivity contribution in [1.29, 1.82) is 0 Å².